The summed E-state index contributed by atoms with van der Waals surface area (Å²) < 4.78 is 10.2. The van der Waals surface area contributed by atoms with Crippen LogP contribution in [0.3, 0.4) is 0 Å². The Bertz CT molecular complexity index is 123. The lowest BCUT2D eigenvalue weighted by Gasteiger charge is -2.15. The third-order valence-electron chi connectivity index (χ3n) is 1.40. The SMILES string of the molecule is CCCC(=O)OC(CC)OCC. The average Bonchev–Trinajstić information content (AvgIpc) is 2.04. The highest BCUT2D eigenvalue weighted by atomic mass is 16.7. The summed E-state index contributed by atoms with van der Waals surface area (Å²) in [5.41, 5.74) is 0. The first kappa shape index (κ1) is 11.4. The van der Waals surface area contributed by atoms with Crippen molar-refractivity contribution in [2.45, 2.75) is 46.3 Å². The zero-order valence-electron chi connectivity index (χ0n) is 8.13. The molecule has 0 spiro atoms. The largest absolute Gasteiger partial charge is 0.436 e. The summed E-state index contributed by atoms with van der Waals surface area (Å²) in [4.78, 5) is 11.0. The number of carbonyl (C=O) groups is 1. The Kier molecular flexibility index (Phi) is 6.76. The highest BCUT2D eigenvalue weighted by Gasteiger charge is 2.10. The van der Waals surface area contributed by atoms with Crippen LogP contribution in [0, 0.1) is 0 Å². The van der Waals surface area contributed by atoms with Gasteiger partial charge in [0.15, 0.2) is 0 Å². The summed E-state index contributed by atoms with van der Waals surface area (Å²) in [6.07, 6.45) is 1.66. The van der Waals surface area contributed by atoms with Crippen LogP contribution in [0.5, 0.6) is 0 Å². The predicted molar refractivity (Wildman–Crippen MR) is 46.7 cm³/mol. The number of rotatable bonds is 6. The van der Waals surface area contributed by atoms with E-state index >= 15 is 0 Å². The van der Waals surface area contributed by atoms with E-state index in [4.69, 9.17) is 9.47 Å². The van der Waals surface area contributed by atoms with Crippen LogP contribution in [0.15, 0.2) is 0 Å². The van der Waals surface area contributed by atoms with Gasteiger partial charge in [0.25, 0.3) is 0 Å². The minimum atomic E-state index is -0.353. The Morgan fingerprint density at radius 3 is 2.42 bits per heavy atom. The van der Waals surface area contributed by atoms with Crippen molar-refractivity contribution in [2.75, 3.05) is 6.61 Å². The highest BCUT2D eigenvalue weighted by molar-refractivity contribution is 5.69. The number of hydrogen-bond donors (Lipinski definition) is 0. The molecular weight excluding hydrogens is 156 g/mol. The van der Waals surface area contributed by atoms with E-state index < -0.39 is 0 Å². The van der Waals surface area contributed by atoms with Crippen LogP contribution < -0.4 is 0 Å². The third kappa shape index (κ3) is 5.13. The van der Waals surface area contributed by atoms with E-state index in [1.807, 2.05) is 20.8 Å². The Morgan fingerprint density at radius 2 is 2.00 bits per heavy atom. The van der Waals surface area contributed by atoms with Crippen molar-refractivity contribution in [2.24, 2.45) is 0 Å². The van der Waals surface area contributed by atoms with Crippen molar-refractivity contribution >= 4 is 5.97 Å². The van der Waals surface area contributed by atoms with Gasteiger partial charge >= 0.3 is 5.97 Å². The van der Waals surface area contributed by atoms with Crippen LogP contribution in [-0.4, -0.2) is 18.9 Å². The molecule has 0 amide bonds. The molecule has 0 heterocycles. The van der Waals surface area contributed by atoms with Crippen molar-refractivity contribution in [3.8, 4) is 0 Å². The van der Waals surface area contributed by atoms with Crippen LogP contribution in [0.25, 0.3) is 0 Å². The lowest BCUT2D eigenvalue weighted by Crippen LogP contribution is -2.20. The number of esters is 1. The molecule has 12 heavy (non-hydrogen) atoms. The van der Waals surface area contributed by atoms with Crippen molar-refractivity contribution in [3.05, 3.63) is 0 Å². The molecule has 0 radical (unpaired) electrons. The van der Waals surface area contributed by atoms with E-state index in [0.717, 1.165) is 6.42 Å². The van der Waals surface area contributed by atoms with Gasteiger partial charge in [0, 0.05) is 19.4 Å². The fraction of sp³-hybridized carbons (Fsp3) is 0.889. The molecule has 0 aliphatic rings. The van der Waals surface area contributed by atoms with E-state index in [1.54, 1.807) is 0 Å². The minimum absolute atomic E-state index is 0.169. The van der Waals surface area contributed by atoms with E-state index in [2.05, 4.69) is 0 Å². The zero-order valence-corrected chi connectivity index (χ0v) is 8.13. The second-order valence-corrected chi connectivity index (χ2v) is 2.53. The normalized spacial score (nSPS) is 12.6. The molecule has 0 aliphatic heterocycles. The maximum atomic E-state index is 11.0. The van der Waals surface area contributed by atoms with Crippen molar-refractivity contribution in [3.63, 3.8) is 0 Å². The summed E-state index contributed by atoms with van der Waals surface area (Å²) in [6.45, 7) is 6.34. The van der Waals surface area contributed by atoms with Crippen LogP contribution in [-0.2, 0) is 14.3 Å². The summed E-state index contributed by atoms with van der Waals surface area (Å²) in [7, 11) is 0. The molecule has 0 aromatic carbocycles. The molecule has 0 aromatic heterocycles. The molecule has 0 saturated heterocycles. The molecular formula is C9H18O3. The quantitative estimate of drug-likeness (QED) is 0.457. The van der Waals surface area contributed by atoms with Gasteiger partial charge in [-0.3, -0.25) is 4.79 Å². The van der Waals surface area contributed by atoms with Crippen molar-refractivity contribution < 1.29 is 14.3 Å². The molecule has 0 aliphatic carbocycles. The van der Waals surface area contributed by atoms with E-state index in [9.17, 15) is 4.79 Å². The Hall–Kier alpha value is -0.570. The van der Waals surface area contributed by atoms with Gasteiger partial charge < -0.3 is 9.47 Å². The number of hydrogen-bond acceptors (Lipinski definition) is 3. The predicted octanol–water partition coefficient (Wildman–Crippen LogP) is 2.10. The lowest BCUT2D eigenvalue weighted by atomic mass is 10.3. The fourth-order valence-corrected chi connectivity index (χ4v) is 0.831. The van der Waals surface area contributed by atoms with Crippen molar-refractivity contribution in [1.82, 2.24) is 0 Å². The Morgan fingerprint density at radius 1 is 1.33 bits per heavy atom. The molecule has 1 atom stereocenters. The first-order valence-corrected chi connectivity index (χ1v) is 4.55. The summed E-state index contributed by atoms with van der Waals surface area (Å²) in [5, 5.41) is 0. The second kappa shape index (κ2) is 7.10. The van der Waals surface area contributed by atoms with Gasteiger partial charge in [-0.05, 0) is 13.3 Å². The van der Waals surface area contributed by atoms with Gasteiger partial charge in [-0.1, -0.05) is 13.8 Å². The van der Waals surface area contributed by atoms with Crippen LogP contribution in [0.1, 0.15) is 40.0 Å². The first-order chi connectivity index (χ1) is 5.74. The molecule has 0 N–H and O–H groups in total. The van der Waals surface area contributed by atoms with Gasteiger partial charge in [-0.15, -0.1) is 0 Å². The van der Waals surface area contributed by atoms with Crippen molar-refractivity contribution in [1.29, 1.82) is 0 Å². The smallest absolute Gasteiger partial charge is 0.308 e. The molecule has 0 saturated carbocycles. The summed E-state index contributed by atoms with van der Waals surface area (Å²) >= 11 is 0. The lowest BCUT2D eigenvalue weighted by molar-refractivity contribution is -0.178. The molecule has 1 unspecified atom stereocenters. The molecule has 0 aromatic rings. The maximum absolute atomic E-state index is 11.0. The van der Waals surface area contributed by atoms with Crippen LogP contribution >= 0.6 is 0 Å². The average molecular weight is 174 g/mol. The molecule has 3 heteroatoms. The summed E-state index contributed by atoms with van der Waals surface area (Å²) in [6, 6.07) is 0. The Balaban J connectivity index is 3.61. The van der Waals surface area contributed by atoms with Gasteiger partial charge in [0.1, 0.15) is 0 Å². The van der Waals surface area contributed by atoms with Crippen LogP contribution in [0.4, 0.5) is 0 Å². The maximum Gasteiger partial charge on any atom is 0.308 e. The molecule has 72 valence electrons. The number of carbonyl (C=O) groups excluding carboxylic acids is 1. The molecule has 0 rings (SSSR count). The standard InChI is InChI=1S/C9H18O3/c1-4-7-8(10)12-9(5-2)11-6-3/h9H,4-7H2,1-3H3. The topological polar surface area (TPSA) is 35.5 Å². The second-order valence-electron chi connectivity index (χ2n) is 2.53. The summed E-state index contributed by atoms with van der Waals surface area (Å²) in [5.74, 6) is -0.169. The van der Waals surface area contributed by atoms with E-state index in [0.29, 0.717) is 19.4 Å². The van der Waals surface area contributed by atoms with E-state index in [1.165, 1.54) is 0 Å². The third-order valence-corrected chi connectivity index (χ3v) is 1.40. The molecule has 3 nitrogen and oxygen atoms in total. The van der Waals surface area contributed by atoms with E-state index in [-0.39, 0.29) is 12.3 Å². The van der Waals surface area contributed by atoms with Crippen LogP contribution in [0.2, 0.25) is 0 Å². The monoisotopic (exact) mass is 174 g/mol. The minimum Gasteiger partial charge on any atom is -0.436 e. The first-order valence-electron chi connectivity index (χ1n) is 4.55. The zero-order chi connectivity index (χ0) is 9.40. The van der Waals surface area contributed by atoms with Gasteiger partial charge in [0.05, 0.1) is 0 Å². The van der Waals surface area contributed by atoms with Gasteiger partial charge in [0.2, 0.25) is 6.29 Å². The molecule has 0 bridgehead atoms. The Labute approximate surface area is 74.0 Å². The van der Waals surface area contributed by atoms with Gasteiger partial charge in [-0.2, -0.15) is 0 Å². The fourth-order valence-electron chi connectivity index (χ4n) is 0.831. The number of ether oxygens (including phenoxy) is 2. The van der Waals surface area contributed by atoms with Gasteiger partial charge in [-0.25, -0.2) is 0 Å². The highest BCUT2D eigenvalue weighted by Crippen LogP contribution is 2.02. The molecule has 0 fully saturated rings.